The summed E-state index contributed by atoms with van der Waals surface area (Å²) < 4.78 is 51.5. The Bertz CT molecular complexity index is 545. The van der Waals surface area contributed by atoms with Crippen LogP contribution in [0, 0.1) is 11.6 Å². The van der Waals surface area contributed by atoms with E-state index in [1.54, 1.807) is 0 Å². The third-order valence-corrected chi connectivity index (χ3v) is 4.23. The lowest BCUT2D eigenvalue weighted by molar-refractivity contribution is 0.217. The minimum Gasteiger partial charge on any atom is -0.399 e. The highest BCUT2D eigenvalue weighted by atomic mass is 32.2. The van der Waals surface area contributed by atoms with Crippen molar-refractivity contribution in [2.45, 2.75) is 4.90 Å². The second kappa shape index (κ2) is 6.24. The summed E-state index contributed by atoms with van der Waals surface area (Å²) in [6.07, 6.45) is 0. The highest BCUT2D eigenvalue weighted by Crippen LogP contribution is 2.24. The first kappa shape index (κ1) is 15.8. The quantitative estimate of drug-likeness (QED) is 0.615. The van der Waals surface area contributed by atoms with Crippen LogP contribution in [0.4, 0.5) is 14.5 Å². The first-order chi connectivity index (χ1) is 8.84. The molecule has 108 valence electrons. The van der Waals surface area contributed by atoms with Crippen LogP contribution >= 0.6 is 0 Å². The molecule has 0 atom stereocenters. The molecule has 0 heterocycles. The molecule has 0 bridgehead atoms. The maximum Gasteiger partial charge on any atom is 0.246 e. The SMILES string of the molecule is Nc1cc(F)c(F)c(S(=O)(=O)N(CCO)CCO)c1. The summed E-state index contributed by atoms with van der Waals surface area (Å²) in [6, 6.07) is 1.45. The van der Waals surface area contributed by atoms with Gasteiger partial charge in [0.1, 0.15) is 4.90 Å². The average molecular weight is 296 g/mol. The topological polar surface area (TPSA) is 104 Å². The molecule has 0 spiro atoms. The fourth-order valence-electron chi connectivity index (χ4n) is 1.49. The number of benzene rings is 1. The number of nitrogens with two attached hydrogens (primary N) is 1. The molecule has 4 N–H and O–H groups in total. The van der Waals surface area contributed by atoms with Crippen molar-refractivity contribution < 1.29 is 27.4 Å². The van der Waals surface area contributed by atoms with Gasteiger partial charge in [0.05, 0.1) is 13.2 Å². The molecule has 0 aliphatic heterocycles. The first-order valence-corrected chi connectivity index (χ1v) is 6.75. The molecule has 0 fully saturated rings. The Morgan fingerprint density at radius 3 is 2.16 bits per heavy atom. The van der Waals surface area contributed by atoms with Crippen LogP contribution in [0.15, 0.2) is 17.0 Å². The molecule has 0 saturated carbocycles. The summed E-state index contributed by atoms with van der Waals surface area (Å²) in [4.78, 5) is -0.924. The Morgan fingerprint density at radius 2 is 1.68 bits per heavy atom. The lowest BCUT2D eigenvalue weighted by atomic mass is 10.3. The molecule has 0 saturated heterocycles. The lowest BCUT2D eigenvalue weighted by Crippen LogP contribution is -2.36. The van der Waals surface area contributed by atoms with E-state index < -0.39 is 39.8 Å². The van der Waals surface area contributed by atoms with Gasteiger partial charge in [-0.3, -0.25) is 0 Å². The van der Waals surface area contributed by atoms with E-state index in [2.05, 4.69) is 0 Å². The number of sulfonamides is 1. The summed E-state index contributed by atoms with van der Waals surface area (Å²) in [7, 11) is -4.38. The Morgan fingerprint density at radius 1 is 1.16 bits per heavy atom. The Labute approximate surface area is 109 Å². The highest BCUT2D eigenvalue weighted by molar-refractivity contribution is 7.89. The summed E-state index contributed by atoms with van der Waals surface area (Å²) in [5.74, 6) is -2.93. The standard InChI is InChI=1S/C10H14F2N2O4S/c11-8-5-7(13)6-9(10(8)12)19(17,18)14(1-3-15)2-4-16/h5-6,15-16H,1-4,13H2. The van der Waals surface area contributed by atoms with Gasteiger partial charge >= 0.3 is 0 Å². The Hall–Kier alpha value is -1.29. The molecule has 0 aromatic heterocycles. The summed E-state index contributed by atoms with van der Waals surface area (Å²) >= 11 is 0. The summed E-state index contributed by atoms with van der Waals surface area (Å²) in [5, 5.41) is 17.5. The van der Waals surface area contributed by atoms with Crippen molar-refractivity contribution in [2.75, 3.05) is 32.0 Å². The third-order valence-electron chi connectivity index (χ3n) is 2.33. The van der Waals surface area contributed by atoms with E-state index in [4.69, 9.17) is 15.9 Å². The molecular formula is C10H14F2N2O4S. The van der Waals surface area contributed by atoms with Crippen LogP contribution in [0.25, 0.3) is 0 Å². The van der Waals surface area contributed by atoms with Crippen molar-refractivity contribution in [3.63, 3.8) is 0 Å². The van der Waals surface area contributed by atoms with Crippen molar-refractivity contribution in [1.82, 2.24) is 4.31 Å². The second-order valence-corrected chi connectivity index (χ2v) is 5.57. The van der Waals surface area contributed by atoms with Gasteiger partial charge in [-0.05, 0) is 12.1 Å². The van der Waals surface area contributed by atoms with Crippen LogP contribution in [0.3, 0.4) is 0 Å². The largest absolute Gasteiger partial charge is 0.399 e. The highest BCUT2D eigenvalue weighted by Gasteiger charge is 2.28. The zero-order chi connectivity index (χ0) is 14.6. The van der Waals surface area contributed by atoms with Crippen LogP contribution in [0.5, 0.6) is 0 Å². The molecule has 0 unspecified atom stereocenters. The van der Waals surface area contributed by atoms with Crippen LogP contribution in [0.1, 0.15) is 0 Å². The number of hydrogen-bond acceptors (Lipinski definition) is 5. The third kappa shape index (κ3) is 3.38. The number of rotatable bonds is 6. The van der Waals surface area contributed by atoms with Gasteiger partial charge in [0.25, 0.3) is 0 Å². The van der Waals surface area contributed by atoms with E-state index in [1.165, 1.54) is 0 Å². The van der Waals surface area contributed by atoms with Crippen molar-refractivity contribution in [3.8, 4) is 0 Å². The summed E-state index contributed by atoms with van der Waals surface area (Å²) in [5.41, 5.74) is 5.04. The van der Waals surface area contributed by atoms with E-state index in [0.29, 0.717) is 10.4 Å². The molecule has 1 aromatic carbocycles. The Kier molecular flexibility index (Phi) is 5.18. The van der Waals surface area contributed by atoms with Crippen molar-refractivity contribution in [3.05, 3.63) is 23.8 Å². The summed E-state index contributed by atoms with van der Waals surface area (Å²) in [6.45, 7) is -1.74. The minimum atomic E-state index is -4.38. The van der Waals surface area contributed by atoms with E-state index in [9.17, 15) is 17.2 Å². The smallest absolute Gasteiger partial charge is 0.246 e. The number of aliphatic hydroxyl groups excluding tert-OH is 2. The zero-order valence-electron chi connectivity index (χ0n) is 9.88. The molecule has 0 aliphatic carbocycles. The van der Waals surface area contributed by atoms with Crippen molar-refractivity contribution >= 4 is 15.7 Å². The van der Waals surface area contributed by atoms with Crippen molar-refractivity contribution in [2.24, 2.45) is 0 Å². The number of nitrogen functional groups attached to an aromatic ring is 1. The number of aliphatic hydroxyl groups is 2. The van der Waals surface area contributed by atoms with Crippen LogP contribution in [0.2, 0.25) is 0 Å². The van der Waals surface area contributed by atoms with Gasteiger partial charge in [-0.15, -0.1) is 0 Å². The van der Waals surface area contributed by atoms with E-state index in [-0.39, 0.29) is 18.8 Å². The fraction of sp³-hybridized carbons (Fsp3) is 0.400. The molecule has 0 radical (unpaired) electrons. The molecule has 0 aliphatic rings. The monoisotopic (exact) mass is 296 g/mol. The zero-order valence-corrected chi connectivity index (χ0v) is 10.7. The van der Waals surface area contributed by atoms with E-state index >= 15 is 0 Å². The van der Waals surface area contributed by atoms with Crippen LogP contribution in [-0.2, 0) is 10.0 Å². The predicted molar refractivity (Wildman–Crippen MR) is 63.7 cm³/mol. The number of anilines is 1. The normalized spacial score (nSPS) is 12.1. The molecule has 19 heavy (non-hydrogen) atoms. The van der Waals surface area contributed by atoms with Gasteiger partial charge in [0, 0.05) is 18.8 Å². The minimum absolute atomic E-state index is 0.245. The van der Waals surface area contributed by atoms with E-state index in [1.807, 2.05) is 0 Å². The van der Waals surface area contributed by atoms with Gasteiger partial charge in [-0.2, -0.15) is 4.31 Å². The van der Waals surface area contributed by atoms with Gasteiger partial charge in [-0.25, -0.2) is 17.2 Å². The fourth-order valence-corrected chi connectivity index (χ4v) is 3.02. The number of nitrogens with zero attached hydrogens (tertiary/aromatic N) is 1. The van der Waals surface area contributed by atoms with Crippen molar-refractivity contribution in [1.29, 1.82) is 0 Å². The van der Waals surface area contributed by atoms with E-state index in [0.717, 1.165) is 6.07 Å². The second-order valence-electron chi connectivity index (χ2n) is 3.67. The van der Waals surface area contributed by atoms with Crippen LogP contribution < -0.4 is 5.73 Å². The van der Waals surface area contributed by atoms with Gasteiger partial charge in [0.15, 0.2) is 11.6 Å². The number of hydrogen-bond donors (Lipinski definition) is 3. The lowest BCUT2D eigenvalue weighted by Gasteiger charge is -2.20. The maximum absolute atomic E-state index is 13.6. The molecular weight excluding hydrogens is 282 g/mol. The van der Waals surface area contributed by atoms with Gasteiger partial charge in [-0.1, -0.05) is 0 Å². The molecule has 6 nitrogen and oxygen atoms in total. The first-order valence-electron chi connectivity index (χ1n) is 5.31. The maximum atomic E-state index is 13.6. The van der Waals surface area contributed by atoms with Gasteiger partial charge < -0.3 is 15.9 Å². The molecule has 0 amide bonds. The predicted octanol–water partition coefficient (Wildman–Crippen LogP) is -0.478. The Balaban J connectivity index is 3.32. The van der Waals surface area contributed by atoms with Crippen LogP contribution in [-0.4, -0.2) is 49.2 Å². The number of halogens is 2. The average Bonchev–Trinajstić information content (AvgIpc) is 2.33. The molecule has 9 heteroatoms. The molecule has 1 aromatic rings. The molecule has 1 rings (SSSR count). The van der Waals surface area contributed by atoms with Gasteiger partial charge in [0.2, 0.25) is 10.0 Å².